The standard InChI is InChI=1S/C18H27N3O4/c1-11-7-8-21(14(9-11)15-5-3-12(2)24-15)18(23)20-10-13-4-6-16(25-13)17(19)22/h3,5,11,13-14,16H,4,6-10H2,1-2H3,(H2,19,22)(H,20,23). The number of hydrogen-bond acceptors (Lipinski definition) is 4. The molecule has 0 spiro atoms. The summed E-state index contributed by atoms with van der Waals surface area (Å²) in [4.78, 5) is 25.7. The Kier molecular flexibility index (Phi) is 5.32. The van der Waals surface area contributed by atoms with Gasteiger partial charge in [-0.3, -0.25) is 4.79 Å². The van der Waals surface area contributed by atoms with Gasteiger partial charge < -0.3 is 25.1 Å². The number of furan rings is 1. The molecule has 0 aliphatic carbocycles. The van der Waals surface area contributed by atoms with E-state index in [0.29, 0.717) is 25.4 Å². The fourth-order valence-electron chi connectivity index (χ4n) is 3.65. The number of rotatable bonds is 4. The van der Waals surface area contributed by atoms with Gasteiger partial charge in [-0.2, -0.15) is 0 Å². The quantitative estimate of drug-likeness (QED) is 0.870. The topological polar surface area (TPSA) is 97.8 Å². The first kappa shape index (κ1) is 17.8. The molecular formula is C18H27N3O4. The van der Waals surface area contributed by atoms with Gasteiger partial charge in [0.2, 0.25) is 5.91 Å². The third-order valence-electron chi connectivity index (χ3n) is 5.12. The lowest BCUT2D eigenvalue weighted by Crippen LogP contribution is -2.47. The van der Waals surface area contributed by atoms with Crippen LogP contribution in [0.4, 0.5) is 4.79 Å². The average molecular weight is 349 g/mol. The molecule has 1 aromatic heterocycles. The summed E-state index contributed by atoms with van der Waals surface area (Å²) in [5.74, 6) is 1.80. The molecule has 3 heterocycles. The number of urea groups is 1. The number of hydrogen-bond donors (Lipinski definition) is 2. The second-order valence-electron chi connectivity index (χ2n) is 7.20. The summed E-state index contributed by atoms with van der Waals surface area (Å²) in [6.07, 6.45) is 2.53. The van der Waals surface area contributed by atoms with E-state index >= 15 is 0 Å². The first-order valence-corrected chi connectivity index (χ1v) is 8.99. The number of amides is 3. The average Bonchev–Trinajstić information content (AvgIpc) is 3.21. The van der Waals surface area contributed by atoms with Gasteiger partial charge in [0, 0.05) is 13.1 Å². The number of carbonyl (C=O) groups excluding carboxylic acids is 2. The normalized spacial score (nSPS) is 29.6. The van der Waals surface area contributed by atoms with Gasteiger partial charge in [-0.1, -0.05) is 6.92 Å². The molecule has 0 bridgehead atoms. The van der Waals surface area contributed by atoms with Crippen molar-refractivity contribution in [1.29, 1.82) is 0 Å². The number of aryl methyl sites for hydroxylation is 1. The lowest BCUT2D eigenvalue weighted by Gasteiger charge is -2.37. The number of nitrogens with zero attached hydrogens (tertiary/aromatic N) is 1. The van der Waals surface area contributed by atoms with E-state index in [0.717, 1.165) is 30.8 Å². The van der Waals surface area contributed by atoms with Gasteiger partial charge in [0.25, 0.3) is 0 Å². The van der Waals surface area contributed by atoms with Gasteiger partial charge >= 0.3 is 6.03 Å². The third-order valence-corrected chi connectivity index (χ3v) is 5.12. The molecule has 0 saturated carbocycles. The summed E-state index contributed by atoms with van der Waals surface area (Å²) >= 11 is 0. The molecule has 2 fully saturated rings. The van der Waals surface area contributed by atoms with E-state index in [1.54, 1.807) is 0 Å². The first-order valence-electron chi connectivity index (χ1n) is 8.99. The zero-order valence-electron chi connectivity index (χ0n) is 14.9. The van der Waals surface area contributed by atoms with E-state index in [1.807, 2.05) is 24.0 Å². The van der Waals surface area contributed by atoms with Crippen LogP contribution in [0.5, 0.6) is 0 Å². The summed E-state index contributed by atoms with van der Waals surface area (Å²) < 4.78 is 11.3. The van der Waals surface area contributed by atoms with E-state index in [-0.39, 0.29) is 18.2 Å². The maximum atomic E-state index is 12.7. The van der Waals surface area contributed by atoms with Crippen molar-refractivity contribution in [3.05, 3.63) is 23.7 Å². The molecule has 2 saturated heterocycles. The molecule has 4 atom stereocenters. The van der Waals surface area contributed by atoms with Crippen molar-refractivity contribution in [2.75, 3.05) is 13.1 Å². The Morgan fingerprint density at radius 2 is 2.12 bits per heavy atom. The maximum Gasteiger partial charge on any atom is 0.318 e. The predicted molar refractivity (Wildman–Crippen MR) is 91.8 cm³/mol. The van der Waals surface area contributed by atoms with E-state index < -0.39 is 12.0 Å². The van der Waals surface area contributed by atoms with Crippen molar-refractivity contribution in [1.82, 2.24) is 10.2 Å². The third kappa shape index (κ3) is 4.15. The molecule has 4 unspecified atom stereocenters. The van der Waals surface area contributed by atoms with Crippen molar-refractivity contribution in [2.45, 2.75) is 57.8 Å². The van der Waals surface area contributed by atoms with E-state index in [4.69, 9.17) is 14.9 Å². The zero-order valence-corrected chi connectivity index (χ0v) is 14.9. The van der Waals surface area contributed by atoms with Crippen LogP contribution >= 0.6 is 0 Å². The van der Waals surface area contributed by atoms with Crippen LogP contribution in [0.2, 0.25) is 0 Å². The molecule has 0 radical (unpaired) electrons. The molecule has 7 nitrogen and oxygen atoms in total. The van der Waals surface area contributed by atoms with E-state index in [1.165, 1.54) is 0 Å². The van der Waals surface area contributed by atoms with Crippen LogP contribution in [-0.2, 0) is 9.53 Å². The van der Waals surface area contributed by atoms with Crippen LogP contribution in [0, 0.1) is 12.8 Å². The largest absolute Gasteiger partial charge is 0.464 e. The van der Waals surface area contributed by atoms with Gasteiger partial charge in [-0.25, -0.2) is 4.79 Å². The highest BCUT2D eigenvalue weighted by atomic mass is 16.5. The van der Waals surface area contributed by atoms with Crippen molar-refractivity contribution < 1.29 is 18.7 Å². The molecule has 25 heavy (non-hydrogen) atoms. The van der Waals surface area contributed by atoms with Gasteiger partial charge in [0.1, 0.15) is 17.6 Å². The van der Waals surface area contributed by atoms with Crippen molar-refractivity contribution >= 4 is 11.9 Å². The Balaban J connectivity index is 1.59. The van der Waals surface area contributed by atoms with E-state index in [2.05, 4.69) is 12.2 Å². The van der Waals surface area contributed by atoms with Crippen molar-refractivity contribution in [2.24, 2.45) is 11.7 Å². The summed E-state index contributed by atoms with van der Waals surface area (Å²) in [6, 6.07) is 3.73. The summed E-state index contributed by atoms with van der Waals surface area (Å²) in [5, 5.41) is 2.94. The van der Waals surface area contributed by atoms with Gasteiger partial charge in [-0.05, 0) is 50.7 Å². The van der Waals surface area contributed by atoms with Crippen LogP contribution in [0.3, 0.4) is 0 Å². The van der Waals surface area contributed by atoms with Gasteiger partial charge in [0.05, 0.1) is 12.1 Å². The maximum absolute atomic E-state index is 12.7. The Morgan fingerprint density at radius 3 is 2.76 bits per heavy atom. The molecule has 7 heteroatoms. The highest BCUT2D eigenvalue weighted by Crippen LogP contribution is 2.34. The number of ether oxygens (including phenoxy) is 1. The van der Waals surface area contributed by atoms with Crippen LogP contribution in [0.1, 0.15) is 50.2 Å². The molecule has 138 valence electrons. The fraction of sp³-hybridized carbons (Fsp3) is 0.667. The Bertz CT molecular complexity index is 630. The van der Waals surface area contributed by atoms with Crippen molar-refractivity contribution in [3.8, 4) is 0 Å². The zero-order chi connectivity index (χ0) is 18.0. The lowest BCUT2D eigenvalue weighted by atomic mass is 9.91. The van der Waals surface area contributed by atoms with Gasteiger partial charge in [-0.15, -0.1) is 0 Å². The highest BCUT2D eigenvalue weighted by Gasteiger charge is 2.34. The molecule has 3 rings (SSSR count). The van der Waals surface area contributed by atoms with Crippen LogP contribution in [0.25, 0.3) is 0 Å². The van der Waals surface area contributed by atoms with Crippen molar-refractivity contribution in [3.63, 3.8) is 0 Å². The minimum absolute atomic E-state index is 0.0414. The second kappa shape index (κ2) is 7.47. The van der Waals surface area contributed by atoms with Crippen LogP contribution in [0.15, 0.2) is 16.5 Å². The first-order chi connectivity index (χ1) is 11.9. The number of primary amides is 1. The second-order valence-corrected chi connectivity index (χ2v) is 7.20. The number of nitrogens with one attached hydrogen (secondary N) is 1. The molecule has 2 aliphatic rings. The SMILES string of the molecule is Cc1ccc(C2CC(C)CCN2C(=O)NCC2CCC(C(N)=O)O2)o1. The molecule has 3 amide bonds. The predicted octanol–water partition coefficient (Wildman–Crippen LogP) is 2.10. The minimum Gasteiger partial charge on any atom is -0.464 e. The number of carbonyl (C=O) groups is 2. The number of piperidine rings is 1. The highest BCUT2D eigenvalue weighted by molar-refractivity contribution is 5.79. The fourth-order valence-corrected chi connectivity index (χ4v) is 3.65. The molecule has 1 aromatic rings. The van der Waals surface area contributed by atoms with E-state index in [9.17, 15) is 9.59 Å². The smallest absolute Gasteiger partial charge is 0.318 e. The Labute approximate surface area is 147 Å². The monoisotopic (exact) mass is 349 g/mol. The van der Waals surface area contributed by atoms with Crippen LogP contribution in [-0.4, -0.2) is 42.1 Å². The summed E-state index contributed by atoms with van der Waals surface area (Å²) in [6.45, 7) is 5.20. The number of likely N-dealkylation sites (tertiary alicyclic amines) is 1. The lowest BCUT2D eigenvalue weighted by molar-refractivity contribution is -0.128. The summed E-state index contributed by atoms with van der Waals surface area (Å²) in [5.41, 5.74) is 5.26. The Hall–Kier alpha value is -2.02. The number of nitrogens with two attached hydrogens (primary N) is 1. The van der Waals surface area contributed by atoms with Crippen LogP contribution < -0.4 is 11.1 Å². The minimum atomic E-state index is -0.531. The molecular weight excluding hydrogens is 322 g/mol. The van der Waals surface area contributed by atoms with Gasteiger partial charge in [0.15, 0.2) is 0 Å². The molecule has 2 aliphatic heterocycles. The molecule has 3 N–H and O–H groups in total. The summed E-state index contributed by atoms with van der Waals surface area (Å²) in [7, 11) is 0. The Morgan fingerprint density at radius 1 is 1.32 bits per heavy atom. The molecule has 0 aromatic carbocycles.